The molecule has 0 fully saturated rings. The molecule has 0 aliphatic heterocycles. The molecule has 32 heavy (non-hydrogen) atoms. The highest BCUT2D eigenvalue weighted by atomic mass is 32.1. The van der Waals surface area contributed by atoms with Crippen LogP contribution in [0, 0.1) is 0 Å². The molecular formula is C20H24N6O5S. The number of nitrogens with one attached hydrogen (secondary N) is 3. The molecule has 0 spiro atoms. The lowest BCUT2D eigenvalue weighted by molar-refractivity contribution is -0.127. The molecule has 0 unspecified atom stereocenters. The first-order valence-electron chi connectivity index (χ1n) is 9.52. The number of carbonyl (C=O) groups excluding carboxylic acids is 3. The first-order chi connectivity index (χ1) is 15.2. The van der Waals surface area contributed by atoms with Crippen molar-refractivity contribution in [2.24, 2.45) is 4.99 Å². The van der Waals surface area contributed by atoms with Gasteiger partial charge in [-0.2, -0.15) is 0 Å². The predicted octanol–water partition coefficient (Wildman–Crippen LogP) is 1.63. The summed E-state index contributed by atoms with van der Waals surface area (Å²) in [4.78, 5) is 56.2. The van der Waals surface area contributed by atoms with E-state index in [-0.39, 0.29) is 18.4 Å². The number of carbonyl (C=O) groups is 4. The number of thiazole rings is 1. The third-order valence-electron chi connectivity index (χ3n) is 4.07. The van der Waals surface area contributed by atoms with Crippen molar-refractivity contribution in [2.75, 3.05) is 26.0 Å². The van der Waals surface area contributed by atoms with Gasteiger partial charge in [-0.05, 0) is 30.5 Å². The largest absolute Gasteiger partial charge is 0.465 e. The minimum atomic E-state index is -1.20. The molecule has 0 aliphatic carbocycles. The number of benzene rings is 1. The topological polar surface area (TPSA) is 153 Å². The summed E-state index contributed by atoms with van der Waals surface area (Å²) in [6, 6.07) is 7.15. The zero-order chi connectivity index (χ0) is 23.7. The Kier molecular flexibility index (Phi) is 8.83. The summed E-state index contributed by atoms with van der Waals surface area (Å²) in [5.74, 6) is -0.971. The van der Waals surface area contributed by atoms with Gasteiger partial charge in [-0.15, -0.1) is 0 Å². The SMILES string of the molecule is CC(=O)Nc1nc(CCc2ccc(N=CNC(=O)O)cc2)c(C(=O)NCC(=O)N(C)C)s1. The van der Waals surface area contributed by atoms with Crippen molar-refractivity contribution in [2.45, 2.75) is 19.8 Å². The number of amides is 4. The average molecular weight is 461 g/mol. The van der Waals surface area contributed by atoms with Crippen molar-refractivity contribution < 1.29 is 24.3 Å². The van der Waals surface area contributed by atoms with Gasteiger partial charge in [0.05, 0.1) is 24.3 Å². The van der Waals surface area contributed by atoms with Crippen LogP contribution < -0.4 is 16.0 Å². The molecule has 1 heterocycles. The van der Waals surface area contributed by atoms with Crippen LogP contribution in [-0.2, 0) is 22.4 Å². The second-order valence-electron chi connectivity index (χ2n) is 6.82. The van der Waals surface area contributed by atoms with Gasteiger partial charge in [0.1, 0.15) is 4.88 Å². The number of aryl methyl sites for hydroxylation is 2. The molecule has 2 aromatic rings. The van der Waals surface area contributed by atoms with Gasteiger partial charge in [-0.3, -0.25) is 19.7 Å². The number of aliphatic imine (C=N–C) groups is 1. The Morgan fingerprint density at radius 3 is 2.44 bits per heavy atom. The number of hydrogen-bond donors (Lipinski definition) is 4. The van der Waals surface area contributed by atoms with E-state index in [2.05, 4.69) is 20.6 Å². The van der Waals surface area contributed by atoms with Crippen molar-refractivity contribution in [1.29, 1.82) is 0 Å². The van der Waals surface area contributed by atoms with Gasteiger partial charge in [0.15, 0.2) is 5.13 Å². The highest BCUT2D eigenvalue weighted by Gasteiger charge is 2.19. The average Bonchev–Trinajstić information content (AvgIpc) is 3.12. The first-order valence-corrected chi connectivity index (χ1v) is 10.3. The normalized spacial score (nSPS) is 10.6. The Labute approximate surface area is 188 Å². The maximum Gasteiger partial charge on any atom is 0.409 e. The fourth-order valence-electron chi connectivity index (χ4n) is 2.47. The molecule has 170 valence electrons. The quantitative estimate of drug-likeness (QED) is 0.330. The van der Waals surface area contributed by atoms with Gasteiger partial charge in [-0.1, -0.05) is 23.5 Å². The molecule has 1 aromatic carbocycles. The molecule has 0 saturated carbocycles. The number of anilines is 1. The lowest BCUT2D eigenvalue weighted by Crippen LogP contribution is -2.36. The molecule has 0 radical (unpaired) electrons. The minimum absolute atomic E-state index is 0.142. The van der Waals surface area contributed by atoms with Crippen LogP contribution >= 0.6 is 11.3 Å². The summed E-state index contributed by atoms with van der Waals surface area (Å²) < 4.78 is 0. The highest BCUT2D eigenvalue weighted by Crippen LogP contribution is 2.25. The zero-order valence-corrected chi connectivity index (χ0v) is 18.7. The molecule has 0 atom stereocenters. The summed E-state index contributed by atoms with van der Waals surface area (Å²) in [6.45, 7) is 1.21. The molecule has 4 N–H and O–H groups in total. The van der Waals surface area contributed by atoms with E-state index < -0.39 is 12.0 Å². The van der Waals surface area contributed by atoms with Crippen LogP contribution in [0.3, 0.4) is 0 Å². The fraction of sp³-hybridized carbons (Fsp3) is 0.300. The number of carboxylic acid groups (broad SMARTS) is 1. The van der Waals surface area contributed by atoms with E-state index in [1.165, 1.54) is 11.8 Å². The van der Waals surface area contributed by atoms with Crippen LogP contribution in [0.1, 0.15) is 27.9 Å². The smallest absolute Gasteiger partial charge is 0.409 e. The second-order valence-corrected chi connectivity index (χ2v) is 7.82. The molecule has 0 saturated heterocycles. The number of likely N-dealkylation sites (N-methyl/N-ethyl adjacent to an activating group) is 1. The van der Waals surface area contributed by atoms with E-state index in [9.17, 15) is 19.2 Å². The van der Waals surface area contributed by atoms with Gasteiger partial charge in [0.2, 0.25) is 11.8 Å². The molecule has 1 aromatic heterocycles. The highest BCUT2D eigenvalue weighted by molar-refractivity contribution is 7.17. The van der Waals surface area contributed by atoms with Gasteiger partial charge >= 0.3 is 6.09 Å². The van der Waals surface area contributed by atoms with E-state index in [0.717, 1.165) is 23.2 Å². The number of rotatable bonds is 9. The van der Waals surface area contributed by atoms with E-state index in [4.69, 9.17) is 5.11 Å². The van der Waals surface area contributed by atoms with Crippen LogP contribution in [0.4, 0.5) is 15.6 Å². The minimum Gasteiger partial charge on any atom is -0.465 e. The van der Waals surface area contributed by atoms with Crippen LogP contribution in [0.15, 0.2) is 29.3 Å². The predicted molar refractivity (Wildman–Crippen MR) is 121 cm³/mol. The Morgan fingerprint density at radius 2 is 1.84 bits per heavy atom. The summed E-state index contributed by atoms with van der Waals surface area (Å²) in [6.07, 6.45) is 0.890. The van der Waals surface area contributed by atoms with Gasteiger partial charge < -0.3 is 20.6 Å². The monoisotopic (exact) mass is 460 g/mol. The van der Waals surface area contributed by atoms with E-state index >= 15 is 0 Å². The maximum absolute atomic E-state index is 12.6. The molecule has 12 heteroatoms. The molecule has 0 aliphatic rings. The standard InChI is InChI=1S/C20H24N6O5S/c1-12(27)24-19-25-15(17(32-19)18(29)21-10-16(28)26(2)3)9-6-13-4-7-14(8-5-13)22-11-23-20(30)31/h4-5,7-8,11H,6,9-10H2,1-3H3,(H,21,29)(H,22,23)(H,30,31)(H,24,25,27). The van der Waals surface area contributed by atoms with Gasteiger partial charge in [-0.25, -0.2) is 14.8 Å². The molecular weight excluding hydrogens is 436 g/mol. The van der Waals surface area contributed by atoms with Crippen LogP contribution in [0.25, 0.3) is 0 Å². The third-order valence-corrected chi connectivity index (χ3v) is 5.09. The molecule has 2 rings (SSSR count). The summed E-state index contributed by atoms with van der Waals surface area (Å²) >= 11 is 1.05. The van der Waals surface area contributed by atoms with Crippen LogP contribution in [-0.4, -0.2) is 65.8 Å². The van der Waals surface area contributed by atoms with Crippen LogP contribution in [0.5, 0.6) is 0 Å². The molecule has 0 bridgehead atoms. The zero-order valence-electron chi connectivity index (χ0n) is 17.8. The summed E-state index contributed by atoms with van der Waals surface area (Å²) in [5.41, 5.74) is 2.05. The third kappa shape index (κ3) is 7.80. The van der Waals surface area contributed by atoms with Crippen molar-refractivity contribution in [3.05, 3.63) is 40.4 Å². The summed E-state index contributed by atoms with van der Waals surface area (Å²) in [7, 11) is 3.20. The Morgan fingerprint density at radius 1 is 1.16 bits per heavy atom. The number of aromatic nitrogens is 1. The Bertz CT molecular complexity index is 1020. The lowest BCUT2D eigenvalue weighted by Gasteiger charge is -2.10. The van der Waals surface area contributed by atoms with E-state index in [0.29, 0.717) is 34.2 Å². The number of hydrogen-bond acceptors (Lipinski definition) is 7. The van der Waals surface area contributed by atoms with Crippen molar-refractivity contribution in [3.63, 3.8) is 0 Å². The van der Waals surface area contributed by atoms with Crippen molar-refractivity contribution >= 4 is 52.3 Å². The van der Waals surface area contributed by atoms with Gasteiger partial charge in [0.25, 0.3) is 5.91 Å². The van der Waals surface area contributed by atoms with Crippen LogP contribution in [0.2, 0.25) is 0 Å². The number of nitrogens with zero attached hydrogens (tertiary/aromatic N) is 3. The van der Waals surface area contributed by atoms with Crippen molar-refractivity contribution in [1.82, 2.24) is 20.5 Å². The van der Waals surface area contributed by atoms with Gasteiger partial charge in [0, 0.05) is 21.0 Å². The van der Waals surface area contributed by atoms with E-state index in [1.807, 2.05) is 17.4 Å². The Balaban J connectivity index is 2.08. The fourth-order valence-corrected chi connectivity index (χ4v) is 3.44. The first kappa shape index (κ1) is 24.5. The Hall–Kier alpha value is -3.80. The van der Waals surface area contributed by atoms with E-state index in [1.54, 1.807) is 26.2 Å². The molecule has 11 nitrogen and oxygen atoms in total. The lowest BCUT2D eigenvalue weighted by atomic mass is 10.1. The van der Waals surface area contributed by atoms with Crippen molar-refractivity contribution in [3.8, 4) is 0 Å². The second kappa shape index (κ2) is 11.6. The maximum atomic E-state index is 12.6. The summed E-state index contributed by atoms with van der Waals surface area (Å²) in [5, 5.41) is 16.1. The molecule has 4 amide bonds.